The van der Waals surface area contributed by atoms with Gasteiger partial charge in [0.05, 0.1) is 44.4 Å². The third-order valence-corrected chi connectivity index (χ3v) is 10.2. The van der Waals surface area contributed by atoms with E-state index in [9.17, 15) is 0 Å². The molecule has 0 radical (unpaired) electrons. The topological polar surface area (TPSA) is 219 Å². The van der Waals surface area contributed by atoms with Crippen LogP contribution >= 0.6 is 0 Å². The summed E-state index contributed by atoms with van der Waals surface area (Å²) in [5, 5.41) is 22.3. The minimum atomic E-state index is -1.79. The molecule has 5 aliphatic rings. The van der Waals surface area contributed by atoms with Crippen molar-refractivity contribution in [2.24, 2.45) is 0 Å². The molecule has 6 unspecified atom stereocenters. The second kappa shape index (κ2) is 11.9. The molecule has 5 aliphatic heterocycles. The van der Waals surface area contributed by atoms with Gasteiger partial charge in [0.15, 0.2) is 33.8 Å². The van der Waals surface area contributed by atoms with Crippen LogP contribution in [-0.4, -0.2) is 119 Å². The quantitative estimate of drug-likeness (QED) is 0.163. The molecule has 5 aromatic rings. The maximum atomic E-state index is 6.79. The molecule has 4 N–H and O–H groups in total. The normalized spacial score (nSPS) is 32.8. The number of allylic oxidation sites excluding steroid dienone is 2. The molecular formula is C31H33N15O5. The van der Waals surface area contributed by atoms with E-state index in [-0.39, 0.29) is 17.6 Å². The minimum Gasteiger partial charge on any atom is -0.491 e. The Morgan fingerprint density at radius 3 is 2.51 bits per heavy atom. The lowest BCUT2D eigenvalue weighted by Crippen LogP contribution is -2.76. The number of anilines is 1. The molecule has 0 saturated carbocycles. The first kappa shape index (κ1) is 30.6. The van der Waals surface area contributed by atoms with Crippen molar-refractivity contribution in [3.63, 3.8) is 0 Å². The standard InChI is InChI=1S/C31H33N15O5/c1-2-12-47-21(4-1)30(26-34-8-13-48-26)29(25-43-40-19-51-25,24-37-16-20-23(42-24)39-18-38-20)31(27-35-9-14-49-27,28-36-10-15-50-28)46(44-11-3-5-41-44)45(30)22-17-32-6-7-33-22/h1-2,4,6-7,9,12,14,16-19,21,26,28,34,36,41H,3,5,8,10-11,13,15H2,(H,37,38,39,42). The number of hydrogen-bond acceptors (Lipinski definition) is 19. The summed E-state index contributed by atoms with van der Waals surface area (Å²) in [4.78, 5) is 32.5. The van der Waals surface area contributed by atoms with E-state index in [1.807, 2.05) is 33.5 Å². The summed E-state index contributed by atoms with van der Waals surface area (Å²) in [6, 6.07) is 0. The monoisotopic (exact) mass is 695 g/mol. The molecular weight excluding hydrogens is 662 g/mol. The van der Waals surface area contributed by atoms with Crippen molar-refractivity contribution < 1.29 is 23.0 Å². The van der Waals surface area contributed by atoms with Gasteiger partial charge in [0, 0.05) is 38.6 Å². The highest BCUT2D eigenvalue weighted by molar-refractivity contribution is 5.69. The summed E-state index contributed by atoms with van der Waals surface area (Å²) in [5.41, 5.74) is -0.423. The zero-order valence-corrected chi connectivity index (χ0v) is 27.1. The Morgan fingerprint density at radius 1 is 0.882 bits per heavy atom. The van der Waals surface area contributed by atoms with Crippen LogP contribution in [0.3, 0.4) is 0 Å². The predicted molar refractivity (Wildman–Crippen MR) is 172 cm³/mol. The second-order valence-corrected chi connectivity index (χ2v) is 12.5. The largest absolute Gasteiger partial charge is 0.491 e. The average Bonchev–Trinajstić information content (AvgIpc) is 4.03. The smallest absolute Gasteiger partial charge is 0.235 e. The molecule has 10 heterocycles. The van der Waals surface area contributed by atoms with Crippen molar-refractivity contribution in [3.05, 3.63) is 92.1 Å². The number of oxazole rings is 1. The lowest BCUT2D eigenvalue weighted by Gasteiger charge is -2.53. The van der Waals surface area contributed by atoms with E-state index < -0.39 is 35.1 Å². The predicted octanol–water partition coefficient (Wildman–Crippen LogP) is -0.343. The van der Waals surface area contributed by atoms with E-state index in [1.54, 1.807) is 43.6 Å². The SMILES string of the molecule is C1=COC(C2(C3NCCO3)N(c3cnccn3)N(N3CCCN3)C(c3ncco3)(C3NCCO3)C2(c2ncc3[nH]cnc3n2)c2nnco2)C=C1. The van der Waals surface area contributed by atoms with E-state index >= 15 is 0 Å². The average molecular weight is 696 g/mol. The number of aromatic amines is 1. The van der Waals surface area contributed by atoms with Crippen molar-refractivity contribution >= 4 is 17.0 Å². The van der Waals surface area contributed by atoms with Crippen LogP contribution in [0.1, 0.15) is 24.0 Å². The van der Waals surface area contributed by atoms with E-state index in [2.05, 4.69) is 36.1 Å². The fraction of sp³-hybridized carbons (Fsp3) is 0.419. The van der Waals surface area contributed by atoms with Crippen molar-refractivity contribution in [1.29, 1.82) is 0 Å². The Labute approximate surface area is 289 Å². The highest BCUT2D eigenvalue weighted by Gasteiger charge is 2.90. The number of nitrogens with zero attached hydrogens (tertiary/aromatic N) is 11. The number of rotatable bonds is 8. The fourth-order valence-electron chi connectivity index (χ4n) is 8.53. The molecule has 6 atom stereocenters. The van der Waals surface area contributed by atoms with Crippen LogP contribution < -0.4 is 21.1 Å². The van der Waals surface area contributed by atoms with E-state index in [0.29, 0.717) is 56.4 Å². The zero-order valence-electron chi connectivity index (χ0n) is 27.1. The Balaban J connectivity index is 1.47. The van der Waals surface area contributed by atoms with Gasteiger partial charge in [0.25, 0.3) is 0 Å². The minimum absolute atomic E-state index is 0.104. The van der Waals surface area contributed by atoms with Gasteiger partial charge >= 0.3 is 0 Å². The van der Waals surface area contributed by atoms with Gasteiger partial charge in [-0.05, 0) is 18.6 Å². The maximum absolute atomic E-state index is 6.79. The summed E-state index contributed by atoms with van der Waals surface area (Å²) in [5.74, 6) is 0.975. The summed E-state index contributed by atoms with van der Waals surface area (Å²) in [6.45, 7) is 2.99. The second-order valence-electron chi connectivity index (χ2n) is 12.5. The molecule has 262 valence electrons. The van der Waals surface area contributed by atoms with Crippen LogP contribution in [-0.2, 0) is 25.2 Å². The third kappa shape index (κ3) is 4.02. The van der Waals surface area contributed by atoms with Crippen molar-refractivity contribution in [1.82, 2.24) is 71.4 Å². The molecule has 0 aromatic carbocycles. The van der Waals surface area contributed by atoms with Gasteiger partial charge < -0.3 is 28.0 Å². The number of fused-ring (bicyclic) bond motifs is 1. The first-order valence-electron chi connectivity index (χ1n) is 16.7. The fourth-order valence-corrected chi connectivity index (χ4v) is 8.53. The maximum Gasteiger partial charge on any atom is 0.235 e. The highest BCUT2D eigenvalue weighted by Crippen LogP contribution is 2.68. The van der Waals surface area contributed by atoms with Gasteiger partial charge in [-0.25, -0.2) is 30.3 Å². The Morgan fingerprint density at radius 2 is 1.80 bits per heavy atom. The highest BCUT2D eigenvalue weighted by atomic mass is 16.5. The van der Waals surface area contributed by atoms with Gasteiger partial charge in [-0.3, -0.25) is 20.6 Å². The van der Waals surface area contributed by atoms with Crippen molar-refractivity contribution in [2.75, 3.05) is 44.4 Å². The van der Waals surface area contributed by atoms with Crippen LogP contribution in [0.4, 0.5) is 5.82 Å². The van der Waals surface area contributed by atoms with Crippen molar-refractivity contribution in [3.8, 4) is 0 Å². The van der Waals surface area contributed by atoms with Gasteiger partial charge in [0.2, 0.25) is 18.2 Å². The lowest BCUT2D eigenvalue weighted by atomic mass is 9.54. The van der Waals surface area contributed by atoms with Crippen molar-refractivity contribution in [2.45, 2.75) is 41.5 Å². The molecule has 10 rings (SSSR count). The number of H-pyrrole nitrogens is 1. The van der Waals surface area contributed by atoms with Crippen LogP contribution in [0.5, 0.6) is 0 Å². The zero-order chi connectivity index (χ0) is 33.9. The van der Waals surface area contributed by atoms with Gasteiger partial charge in [0.1, 0.15) is 30.3 Å². The van der Waals surface area contributed by atoms with E-state index in [4.69, 9.17) is 48.1 Å². The summed E-state index contributed by atoms with van der Waals surface area (Å²) < 4.78 is 33.3. The number of imidazole rings is 1. The molecule has 0 bridgehead atoms. The van der Waals surface area contributed by atoms with E-state index in [1.165, 1.54) is 12.7 Å². The Hall–Kier alpha value is -5.22. The summed E-state index contributed by atoms with van der Waals surface area (Å²) >= 11 is 0. The summed E-state index contributed by atoms with van der Waals surface area (Å²) in [7, 11) is 0. The van der Waals surface area contributed by atoms with Crippen LogP contribution in [0, 0.1) is 0 Å². The van der Waals surface area contributed by atoms with E-state index in [0.717, 1.165) is 6.42 Å². The van der Waals surface area contributed by atoms with Gasteiger partial charge in [-0.1, -0.05) is 6.08 Å². The first-order chi connectivity index (χ1) is 25.3. The van der Waals surface area contributed by atoms with Crippen LogP contribution in [0.15, 0.2) is 83.3 Å². The lowest BCUT2D eigenvalue weighted by molar-refractivity contribution is -0.188. The third-order valence-electron chi connectivity index (χ3n) is 10.2. The molecule has 5 aromatic heterocycles. The Bertz CT molecular complexity index is 2030. The van der Waals surface area contributed by atoms with Crippen LogP contribution in [0.2, 0.25) is 0 Å². The molecule has 0 spiro atoms. The van der Waals surface area contributed by atoms with Gasteiger partial charge in [-0.15, -0.1) is 15.3 Å². The van der Waals surface area contributed by atoms with Gasteiger partial charge in [-0.2, -0.15) is 5.12 Å². The first-order valence-corrected chi connectivity index (χ1v) is 16.7. The number of ether oxygens (including phenoxy) is 3. The number of hydrazine groups is 3. The molecule has 4 fully saturated rings. The molecule has 20 nitrogen and oxygen atoms in total. The number of hydrogen-bond donors (Lipinski definition) is 4. The number of aromatic nitrogens is 9. The summed E-state index contributed by atoms with van der Waals surface area (Å²) in [6.07, 6.45) is 18.1. The molecule has 20 heteroatoms. The molecule has 4 saturated heterocycles. The number of nitrogens with one attached hydrogen (secondary N) is 4. The Kier molecular flexibility index (Phi) is 7.16. The molecule has 0 amide bonds. The molecule has 0 aliphatic carbocycles. The molecule has 51 heavy (non-hydrogen) atoms. The van der Waals surface area contributed by atoms with Crippen LogP contribution in [0.25, 0.3) is 11.2 Å².